The molecule has 18 heavy (non-hydrogen) atoms. The van der Waals surface area contributed by atoms with E-state index in [-0.39, 0.29) is 5.82 Å². The van der Waals surface area contributed by atoms with E-state index in [4.69, 9.17) is 0 Å². The lowest BCUT2D eigenvalue weighted by Crippen LogP contribution is -2.54. The lowest BCUT2D eigenvalue weighted by molar-refractivity contribution is -0.0361. The van der Waals surface area contributed by atoms with Crippen molar-refractivity contribution < 1.29 is 9.50 Å². The molecule has 2 atom stereocenters. The normalized spacial score (nSPS) is 35.5. The van der Waals surface area contributed by atoms with Gasteiger partial charge in [-0.1, -0.05) is 12.5 Å². The van der Waals surface area contributed by atoms with Crippen LogP contribution in [0.5, 0.6) is 0 Å². The Kier molecular flexibility index (Phi) is 2.91. The van der Waals surface area contributed by atoms with Gasteiger partial charge in [0.15, 0.2) is 0 Å². The molecule has 0 spiro atoms. The molecular weight excluding hydrogens is 229 g/mol. The van der Waals surface area contributed by atoms with Crippen LogP contribution in [0.3, 0.4) is 0 Å². The third-order valence-corrected chi connectivity index (χ3v) is 4.32. The van der Waals surface area contributed by atoms with Crippen LogP contribution in [0, 0.1) is 12.7 Å². The first-order valence-electron chi connectivity index (χ1n) is 6.81. The Bertz CT molecular complexity index is 428. The highest BCUT2D eigenvalue weighted by Gasteiger charge is 2.41. The summed E-state index contributed by atoms with van der Waals surface area (Å²) in [6.45, 7) is 1.87. The summed E-state index contributed by atoms with van der Waals surface area (Å²) in [6, 6.07) is 5.68. The summed E-state index contributed by atoms with van der Waals surface area (Å²) in [5, 5.41) is 14.4. The molecule has 2 nitrogen and oxygen atoms in total. The van der Waals surface area contributed by atoms with Crippen LogP contribution < -0.4 is 5.32 Å². The van der Waals surface area contributed by atoms with Crippen LogP contribution in [0.1, 0.15) is 43.2 Å². The van der Waals surface area contributed by atoms with Gasteiger partial charge in [0, 0.05) is 12.1 Å². The molecule has 2 aliphatic heterocycles. The number of fused-ring (bicyclic) bond motifs is 2. The largest absolute Gasteiger partial charge is 0.385 e. The third kappa shape index (κ3) is 2.17. The maximum atomic E-state index is 13.5. The molecule has 2 aliphatic rings. The topological polar surface area (TPSA) is 32.3 Å². The maximum absolute atomic E-state index is 13.5. The quantitative estimate of drug-likeness (QED) is 0.802. The Hall–Kier alpha value is -0.930. The second kappa shape index (κ2) is 4.32. The molecule has 98 valence electrons. The van der Waals surface area contributed by atoms with Gasteiger partial charge in [0.05, 0.1) is 5.60 Å². The minimum atomic E-state index is -0.853. The van der Waals surface area contributed by atoms with Crippen LogP contribution in [-0.4, -0.2) is 17.2 Å². The molecule has 1 aromatic carbocycles. The number of aryl methyl sites for hydroxylation is 1. The van der Waals surface area contributed by atoms with E-state index in [2.05, 4.69) is 5.32 Å². The number of hydrogen-bond acceptors (Lipinski definition) is 2. The number of nitrogens with one attached hydrogen (secondary N) is 1. The molecular formula is C15H20FNO. The molecule has 2 saturated heterocycles. The van der Waals surface area contributed by atoms with Gasteiger partial charge < -0.3 is 10.4 Å². The number of hydrogen-bond donors (Lipinski definition) is 2. The highest BCUT2D eigenvalue weighted by atomic mass is 19.1. The van der Waals surface area contributed by atoms with Gasteiger partial charge in [0.1, 0.15) is 5.82 Å². The van der Waals surface area contributed by atoms with Gasteiger partial charge in [-0.05, 0) is 55.9 Å². The second-order valence-corrected chi connectivity index (χ2v) is 5.95. The van der Waals surface area contributed by atoms with Gasteiger partial charge in [-0.2, -0.15) is 0 Å². The predicted octanol–water partition coefficient (Wildman–Crippen LogP) is 2.63. The van der Waals surface area contributed by atoms with Gasteiger partial charge in [0.25, 0.3) is 0 Å². The number of halogens is 1. The summed E-state index contributed by atoms with van der Waals surface area (Å²) in [5.41, 5.74) is 0.772. The Morgan fingerprint density at radius 3 is 2.50 bits per heavy atom. The first-order valence-corrected chi connectivity index (χ1v) is 6.81. The molecule has 1 aromatic rings. The standard InChI is InChI=1S/C15H20FNO/c1-10-5-11(7-12(16)6-10)15(18)8-13-3-2-4-14(9-15)17-13/h5-7,13-14,17-18H,2-4,8-9H2,1H3. The van der Waals surface area contributed by atoms with Crippen molar-refractivity contribution in [2.24, 2.45) is 0 Å². The summed E-state index contributed by atoms with van der Waals surface area (Å²) in [4.78, 5) is 0. The van der Waals surface area contributed by atoms with E-state index in [1.807, 2.05) is 13.0 Å². The van der Waals surface area contributed by atoms with Crippen LogP contribution in [0.4, 0.5) is 4.39 Å². The van der Waals surface area contributed by atoms with Crippen LogP contribution >= 0.6 is 0 Å². The summed E-state index contributed by atoms with van der Waals surface area (Å²) < 4.78 is 13.5. The molecule has 2 bridgehead atoms. The number of piperidine rings is 2. The molecule has 0 saturated carbocycles. The van der Waals surface area contributed by atoms with Gasteiger partial charge in [-0.25, -0.2) is 4.39 Å². The minimum Gasteiger partial charge on any atom is -0.385 e. The van der Waals surface area contributed by atoms with Crippen molar-refractivity contribution in [3.63, 3.8) is 0 Å². The molecule has 3 heteroatoms. The number of rotatable bonds is 1. The average molecular weight is 249 g/mol. The fourth-order valence-electron chi connectivity index (χ4n) is 3.57. The zero-order chi connectivity index (χ0) is 12.8. The Labute approximate surface area is 107 Å². The molecule has 2 N–H and O–H groups in total. The smallest absolute Gasteiger partial charge is 0.123 e. The van der Waals surface area contributed by atoms with Gasteiger partial charge >= 0.3 is 0 Å². The molecule has 0 aliphatic carbocycles. The molecule has 2 fully saturated rings. The second-order valence-electron chi connectivity index (χ2n) is 5.95. The molecule has 3 rings (SSSR count). The number of aliphatic hydroxyl groups is 1. The van der Waals surface area contributed by atoms with E-state index in [9.17, 15) is 9.50 Å². The van der Waals surface area contributed by atoms with E-state index >= 15 is 0 Å². The lowest BCUT2D eigenvalue weighted by atomic mass is 9.74. The van der Waals surface area contributed by atoms with E-state index in [1.54, 1.807) is 0 Å². The van der Waals surface area contributed by atoms with Crippen LogP contribution in [-0.2, 0) is 5.60 Å². The van der Waals surface area contributed by atoms with Crippen molar-refractivity contribution in [3.05, 3.63) is 35.1 Å². The van der Waals surface area contributed by atoms with Crippen molar-refractivity contribution in [2.45, 2.75) is 56.7 Å². The van der Waals surface area contributed by atoms with Crippen LogP contribution in [0.15, 0.2) is 18.2 Å². The molecule has 2 unspecified atom stereocenters. The summed E-state index contributed by atoms with van der Waals surface area (Å²) >= 11 is 0. The van der Waals surface area contributed by atoms with Gasteiger partial charge in [0.2, 0.25) is 0 Å². The van der Waals surface area contributed by atoms with E-state index in [0.717, 1.165) is 24.0 Å². The van der Waals surface area contributed by atoms with Crippen molar-refractivity contribution in [3.8, 4) is 0 Å². The zero-order valence-corrected chi connectivity index (χ0v) is 10.7. The highest BCUT2D eigenvalue weighted by Crippen LogP contribution is 2.39. The highest BCUT2D eigenvalue weighted by molar-refractivity contribution is 5.30. The van der Waals surface area contributed by atoms with Crippen molar-refractivity contribution in [1.29, 1.82) is 0 Å². The fraction of sp³-hybridized carbons (Fsp3) is 0.600. The zero-order valence-electron chi connectivity index (χ0n) is 10.7. The fourth-order valence-corrected chi connectivity index (χ4v) is 3.57. The first kappa shape index (κ1) is 12.1. The lowest BCUT2D eigenvalue weighted by Gasteiger charge is -2.45. The number of benzene rings is 1. The molecule has 0 amide bonds. The van der Waals surface area contributed by atoms with E-state index < -0.39 is 5.60 Å². The Morgan fingerprint density at radius 1 is 1.22 bits per heavy atom. The predicted molar refractivity (Wildman–Crippen MR) is 68.8 cm³/mol. The monoisotopic (exact) mass is 249 g/mol. The maximum Gasteiger partial charge on any atom is 0.123 e. The van der Waals surface area contributed by atoms with Crippen molar-refractivity contribution in [1.82, 2.24) is 5.32 Å². The van der Waals surface area contributed by atoms with Crippen LogP contribution in [0.2, 0.25) is 0 Å². The van der Waals surface area contributed by atoms with E-state index in [0.29, 0.717) is 24.9 Å². The van der Waals surface area contributed by atoms with Crippen molar-refractivity contribution in [2.75, 3.05) is 0 Å². The minimum absolute atomic E-state index is 0.248. The summed E-state index contributed by atoms with van der Waals surface area (Å²) in [6.07, 6.45) is 4.87. The Morgan fingerprint density at radius 2 is 1.89 bits per heavy atom. The van der Waals surface area contributed by atoms with Crippen LogP contribution in [0.25, 0.3) is 0 Å². The molecule has 0 radical (unpaired) electrons. The molecule has 2 heterocycles. The van der Waals surface area contributed by atoms with Gasteiger partial charge in [-0.3, -0.25) is 0 Å². The first-order chi connectivity index (χ1) is 8.55. The average Bonchev–Trinajstić information content (AvgIpc) is 2.26. The van der Waals surface area contributed by atoms with Crippen molar-refractivity contribution >= 4 is 0 Å². The Balaban J connectivity index is 1.93. The SMILES string of the molecule is Cc1cc(F)cc(C2(O)CC3CCCC(C2)N3)c1. The molecule has 0 aromatic heterocycles. The van der Waals surface area contributed by atoms with E-state index in [1.165, 1.54) is 18.6 Å². The summed E-state index contributed by atoms with van der Waals surface area (Å²) in [5.74, 6) is -0.248. The van der Waals surface area contributed by atoms with Gasteiger partial charge in [-0.15, -0.1) is 0 Å². The third-order valence-electron chi connectivity index (χ3n) is 4.32. The summed E-state index contributed by atoms with van der Waals surface area (Å²) in [7, 11) is 0.